The van der Waals surface area contributed by atoms with Gasteiger partial charge in [-0.15, -0.1) is 0 Å². The number of hydrogen-bond donors (Lipinski definition) is 1. The maximum Gasteiger partial charge on any atom is 0.251 e. The average Bonchev–Trinajstić information content (AvgIpc) is 3.11. The number of nitrogens with one attached hydrogen (secondary N) is 1. The van der Waals surface area contributed by atoms with Crippen molar-refractivity contribution in [1.82, 2.24) is 14.9 Å². The lowest BCUT2D eigenvalue weighted by atomic mass is 10.2. The minimum absolute atomic E-state index is 0.120. The van der Waals surface area contributed by atoms with Crippen LogP contribution in [0.5, 0.6) is 11.5 Å². The van der Waals surface area contributed by atoms with Crippen LogP contribution < -0.4 is 14.8 Å². The van der Waals surface area contributed by atoms with Crippen molar-refractivity contribution in [1.29, 1.82) is 0 Å². The molecule has 1 aromatic heterocycles. The zero-order chi connectivity index (χ0) is 20.6. The molecule has 29 heavy (non-hydrogen) atoms. The van der Waals surface area contributed by atoms with E-state index in [1.165, 1.54) is 5.52 Å². The highest BCUT2D eigenvalue weighted by Gasteiger charge is 2.12. The molecule has 0 saturated carbocycles. The number of imidazole rings is 1. The molecule has 0 saturated heterocycles. The van der Waals surface area contributed by atoms with E-state index in [1.54, 1.807) is 32.4 Å². The van der Waals surface area contributed by atoms with E-state index >= 15 is 0 Å². The van der Waals surface area contributed by atoms with Crippen molar-refractivity contribution in [3.8, 4) is 11.5 Å². The number of hydrogen-bond acceptors (Lipinski definition) is 4. The number of aryl methyl sites for hydroxylation is 2. The van der Waals surface area contributed by atoms with Gasteiger partial charge in [0.25, 0.3) is 5.91 Å². The maximum atomic E-state index is 12.4. The highest BCUT2D eigenvalue weighted by Crippen LogP contribution is 2.27. The molecule has 2 aromatic carbocycles. The van der Waals surface area contributed by atoms with Gasteiger partial charge in [0.1, 0.15) is 5.82 Å². The third-order valence-corrected chi connectivity index (χ3v) is 4.98. The van der Waals surface area contributed by atoms with E-state index in [4.69, 9.17) is 14.5 Å². The second-order valence-electron chi connectivity index (χ2n) is 6.95. The molecule has 1 N–H and O–H groups in total. The number of carbonyl (C=O) groups excluding carboxylic acids is 1. The zero-order valence-corrected chi connectivity index (χ0v) is 17.4. The average molecular weight is 396 g/mol. The number of carbonyl (C=O) groups is 1. The van der Waals surface area contributed by atoms with Gasteiger partial charge in [0.05, 0.1) is 25.3 Å². The molecule has 0 atom stereocenters. The molecule has 0 bridgehead atoms. The largest absolute Gasteiger partial charge is 0.493 e. The molecule has 0 fully saturated rings. The van der Waals surface area contributed by atoms with E-state index in [9.17, 15) is 4.79 Å². The lowest BCUT2D eigenvalue weighted by molar-refractivity contribution is 0.0952. The summed E-state index contributed by atoms with van der Waals surface area (Å²) in [6.45, 7) is 3.76. The summed E-state index contributed by atoms with van der Waals surface area (Å²) in [5.41, 5.74) is 2.77. The Kier molecular flexibility index (Phi) is 7.11. The Hall–Kier alpha value is -3.02. The molecule has 0 aliphatic carbocycles. The molecule has 6 heteroatoms. The number of rotatable bonds is 10. The first-order valence-corrected chi connectivity index (χ1v) is 10.1. The minimum Gasteiger partial charge on any atom is -0.493 e. The summed E-state index contributed by atoms with van der Waals surface area (Å²) in [5.74, 6) is 2.12. The lowest BCUT2D eigenvalue weighted by Crippen LogP contribution is -2.25. The minimum atomic E-state index is -0.120. The van der Waals surface area contributed by atoms with Crippen molar-refractivity contribution in [2.45, 2.75) is 39.2 Å². The van der Waals surface area contributed by atoms with E-state index in [0.29, 0.717) is 23.6 Å². The molecule has 3 rings (SSSR count). The molecule has 0 aliphatic heterocycles. The van der Waals surface area contributed by atoms with Gasteiger partial charge >= 0.3 is 0 Å². The number of para-hydroxylation sites is 2. The van der Waals surface area contributed by atoms with E-state index < -0.39 is 0 Å². The van der Waals surface area contributed by atoms with Crippen LogP contribution in [-0.4, -0.2) is 36.2 Å². The number of benzene rings is 2. The number of unbranched alkanes of at least 4 members (excludes halogenated alkanes) is 1. The number of methoxy groups -OCH3 is 2. The van der Waals surface area contributed by atoms with Crippen molar-refractivity contribution in [3.05, 3.63) is 53.9 Å². The molecule has 1 heterocycles. The van der Waals surface area contributed by atoms with E-state index in [2.05, 4.69) is 35.0 Å². The Morgan fingerprint density at radius 1 is 1.07 bits per heavy atom. The number of fused-ring (bicyclic) bond motifs is 1. The van der Waals surface area contributed by atoms with Crippen LogP contribution in [0.25, 0.3) is 11.0 Å². The van der Waals surface area contributed by atoms with E-state index in [-0.39, 0.29) is 5.91 Å². The van der Waals surface area contributed by atoms with Gasteiger partial charge in [-0.2, -0.15) is 0 Å². The van der Waals surface area contributed by atoms with Crippen LogP contribution in [0.4, 0.5) is 0 Å². The first-order valence-electron chi connectivity index (χ1n) is 10.1. The van der Waals surface area contributed by atoms with Gasteiger partial charge in [-0.05, 0) is 43.2 Å². The molecule has 3 aromatic rings. The Bertz CT molecular complexity index is 965. The molecule has 0 spiro atoms. The smallest absolute Gasteiger partial charge is 0.251 e. The maximum absolute atomic E-state index is 12.4. The van der Waals surface area contributed by atoms with Crippen LogP contribution in [0, 0.1) is 0 Å². The van der Waals surface area contributed by atoms with Crippen molar-refractivity contribution >= 4 is 16.9 Å². The van der Waals surface area contributed by atoms with Crippen LogP contribution in [-0.2, 0) is 13.0 Å². The van der Waals surface area contributed by atoms with E-state index in [1.807, 2.05) is 6.07 Å². The molecular weight excluding hydrogens is 366 g/mol. The normalized spacial score (nSPS) is 10.9. The fourth-order valence-electron chi connectivity index (χ4n) is 3.41. The summed E-state index contributed by atoms with van der Waals surface area (Å²) in [6.07, 6.45) is 3.93. The molecule has 0 unspecified atom stereocenters. The molecular formula is C23H29N3O3. The molecule has 0 radical (unpaired) electrons. The van der Waals surface area contributed by atoms with Gasteiger partial charge in [0.2, 0.25) is 0 Å². The van der Waals surface area contributed by atoms with Crippen molar-refractivity contribution in [3.63, 3.8) is 0 Å². The van der Waals surface area contributed by atoms with Gasteiger partial charge in [-0.25, -0.2) is 4.98 Å². The number of amides is 1. The SMILES string of the molecule is CCCCn1c(CCCNC(=O)c2ccc(OC)c(OC)c2)nc2ccccc21. The lowest BCUT2D eigenvalue weighted by Gasteiger charge is -2.11. The van der Waals surface area contributed by atoms with Crippen molar-refractivity contribution in [2.24, 2.45) is 0 Å². The summed E-state index contributed by atoms with van der Waals surface area (Å²) in [7, 11) is 3.13. The second kappa shape index (κ2) is 9.96. The molecule has 0 aliphatic rings. The number of nitrogens with zero attached hydrogens (tertiary/aromatic N) is 2. The number of ether oxygens (including phenoxy) is 2. The predicted molar refractivity (Wildman–Crippen MR) is 115 cm³/mol. The summed E-state index contributed by atoms with van der Waals surface area (Å²) in [4.78, 5) is 17.2. The van der Waals surface area contributed by atoms with Crippen LogP contribution in [0.1, 0.15) is 42.4 Å². The second-order valence-corrected chi connectivity index (χ2v) is 6.95. The Morgan fingerprint density at radius 3 is 2.62 bits per heavy atom. The zero-order valence-electron chi connectivity index (χ0n) is 17.4. The first-order chi connectivity index (χ1) is 14.2. The summed E-state index contributed by atoms with van der Waals surface area (Å²) >= 11 is 0. The van der Waals surface area contributed by atoms with Gasteiger partial charge in [0.15, 0.2) is 11.5 Å². The van der Waals surface area contributed by atoms with Gasteiger partial charge < -0.3 is 19.4 Å². The quantitative estimate of drug-likeness (QED) is 0.522. The fourth-order valence-corrected chi connectivity index (χ4v) is 3.41. The summed E-state index contributed by atoms with van der Waals surface area (Å²) in [5, 5.41) is 2.98. The first kappa shape index (κ1) is 20.7. The van der Waals surface area contributed by atoms with E-state index in [0.717, 1.165) is 43.6 Å². The summed E-state index contributed by atoms with van der Waals surface area (Å²) < 4.78 is 12.8. The molecule has 1 amide bonds. The number of aromatic nitrogens is 2. The highest BCUT2D eigenvalue weighted by atomic mass is 16.5. The van der Waals surface area contributed by atoms with Crippen molar-refractivity contribution < 1.29 is 14.3 Å². The summed E-state index contributed by atoms with van der Waals surface area (Å²) in [6, 6.07) is 13.4. The van der Waals surface area contributed by atoms with Gasteiger partial charge in [-0.1, -0.05) is 25.5 Å². The standard InChI is InChI=1S/C23H29N3O3/c1-4-5-15-26-19-10-7-6-9-18(19)25-22(26)11-8-14-24-23(27)17-12-13-20(28-2)21(16-17)29-3/h6-7,9-10,12-13,16H,4-5,8,11,14-15H2,1-3H3,(H,24,27). The third kappa shape index (κ3) is 4.88. The van der Waals surface area contributed by atoms with Gasteiger partial charge in [0, 0.05) is 25.1 Å². The highest BCUT2D eigenvalue weighted by molar-refractivity contribution is 5.94. The fraction of sp³-hybridized carbons (Fsp3) is 0.391. The van der Waals surface area contributed by atoms with Crippen molar-refractivity contribution in [2.75, 3.05) is 20.8 Å². The Morgan fingerprint density at radius 2 is 1.86 bits per heavy atom. The van der Waals surface area contributed by atoms with Gasteiger partial charge in [-0.3, -0.25) is 4.79 Å². The molecule has 6 nitrogen and oxygen atoms in total. The molecule has 154 valence electrons. The Labute approximate surface area is 171 Å². The van der Waals surface area contributed by atoms with Crippen LogP contribution in [0.3, 0.4) is 0 Å². The van der Waals surface area contributed by atoms with Crippen LogP contribution >= 0.6 is 0 Å². The topological polar surface area (TPSA) is 65.4 Å². The Balaban J connectivity index is 1.60. The van der Waals surface area contributed by atoms with Crippen LogP contribution in [0.2, 0.25) is 0 Å². The van der Waals surface area contributed by atoms with Crippen LogP contribution in [0.15, 0.2) is 42.5 Å². The third-order valence-electron chi connectivity index (χ3n) is 4.98. The monoisotopic (exact) mass is 395 g/mol. The predicted octanol–water partition coefficient (Wildman–Crippen LogP) is 4.22.